The second-order valence-electron chi connectivity index (χ2n) is 13.7. The molecule has 0 radical (unpaired) electrons. The van der Waals surface area contributed by atoms with Crippen LogP contribution in [-0.4, -0.2) is 39.4 Å². The van der Waals surface area contributed by atoms with Crippen LogP contribution in [0.3, 0.4) is 0 Å². The number of unbranched alkanes of at least 4 members (excludes halogenated alkanes) is 5. The van der Waals surface area contributed by atoms with E-state index in [-0.39, 0.29) is 23.4 Å². The highest BCUT2D eigenvalue weighted by Crippen LogP contribution is 2.40. The number of likely N-dealkylation sites (tertiary alicyclic amines) is 1. The number of nitrogen functional groups attached to an aromatic ring is 1. The number of amides is 1. The molecule has 0 aliphatic carbocycles. The van der Waals surface area contributed by atoms with E-state index in [2.05, 4.69) is 53.1 Å². The minimum atomic E-state index is -4.49. The number of fused-ring (bicyclic) bond motifs is 1. The molecular formula is C38H55F3N6O. The van der Waals surface area contributed by atoms with Crippen molar-refractivity contribution >= 4 is 28.3 Å². The number of nitrogens with one attached hydrogen (secondary N) is 1. The highest BCUT2D eigenvalue weighted by molar-refractivity contribution is 5.90. The van der Waals surface area contributed by atoms with Crippen LogP contribution in [0.4, 0.5) is 24.7 Å². The summed E-state index contributed by atoms with van der Waals surface area (Å²) >= 11 is 0. The van der Waals surface area contributed by atoms with Crippen LogP contribution in [-0.2, 0) is 11.0 Å². The standard InChI is InChI=1S/C38H55F3N6O/c1-6-9-10-11-12-13-14-30(7-2)37(8-3,36(43)48)47-19-17-27(18-20-47)28-15-16-34-33(23-28)35(46-26(5)45-34)44-25(4)29-21-31(38(39,40)41)24-32(42)22-29/h15-16,21-25,27,30H,6-14,17-20,42H2,1-5H3,(H2,43,48)(H,44,45,46). The molecule has 5 N–H and O–H groups in total. The molecule has 4 rings (SSSR count). The van der Waals surface area contributed by atoms with Crippen LogP contribution in [0.5, 0.6) is 0 Å². The Morgan fingerprint density at radius 3 is 2.31 bits per heavy atom. The highest BCUT2D eigenvalue weighted by Gasteiger charge is 2.47. The minimum Gasteiger partial charge on any atom is -0.399 e. The molecule has 1 aliphatic rings. The molecule has 48 heavy (non-hydrogen) atoms. The van der Waals surface area contributed by atoms with Gasteiger partial charge in [-0.15, -0.1) is 0 Å². The zero-order chi connectivity index (χ0) is 35.1. The molecule has 7 nitrogen and oxygen atoms in total. The number of rotatable bonds is 16. The molecule has 0 saturated carbocycles. The molecule has 1 saturated heterocycles. The number of hydrogen-bond donors (Lipinski definition) is 3. The fourth-order valence-electron chi connectivity index (χ4n) is 7.87. The van der Waals surface area contributed by atoms with Crippen LogP contribution in [0.25, 0.3) is 10.9 Å². The van der Waals surface area contributed by atoms with E-state index in [1.165, 1.54) is 32.1 Å². The first kappa shape index (κ1) is 37.4. The van der Waals surface area contributed by atoms with E-state index in [4.69, 9.17) is 11.5 Å². The molecule has 0 bridgehead atoms. The number of piperidine rings is 1. The lowest BCUT2D eigenvalue weighted by molar-refractivity contribution is -0.138. The second-order valence-corrected chi connectivity index (χ2v) is 13.7. The molecule has 1 amide bonds. The van der Waals surface area contributed by atoms with Crippen LogP contribution >= 0.6 is 0 Å². The molecule has 0 spiro atoms. The summed E-state index contributed by atoms with van der Waals surface area (Å²) in [5.74, 6) is 1.44. The average molecular weight is 669 g/mol. The molecule has 3 aromatic rings. The molecular weight excluding hydrogens is 613 g/mol. The average Bonchev–Trinajstić information content (AvgIpc) is 3.05. The summed E-state index contributed by atoms with van der Waals surface area (Å²) in [7, 11) is 0. The first-order valence-electron chi connectivity index (χ1n) is 17.9. The Morgan fingerprint density at radius 2 is 1.69 bits per heavy atom. The Kier molecular flexibility index (Phi) is 12.7. The third-order valence-corrected chi connectivity index (χ3v) is 10.6. The van der Waals surface area contributed by atoms with E-state index in [1.54, 1.807) is 19.9 Å². The maximum atomic E-state index is 13.5. The fourth-order valence-corrected chi connectivity index (χ4v) is 7.87. The number of nitrogens with zero attached hydrogens (tertiary/aromatic N) is 3. The van der Waals surface area contributed by atoms with Crippen LogP contribution in [0.15, 0.2) is 36.4 Å². The Labute approximate surface area is 284 Å². The topological polar surface area (TPSA) is 110 Å². The normalized spacial score (nSPS) is 17.2. The van der Waals surface area contributed by atoms with Gasteiger partial charge in [0.1, 0.15) is 17.2 Å². The number of carbonyl (C=O) groups is 1. The van der Waals surface area contributed by atoms with Gasteiger partial charge < -0.3 is 16.8 Å². The van der Waals surface area contributed by atoms with Gasteiger partial charge in [-0.3, -0.25) is 9.69 Å². The van der Waals surface area contributed by atoms with Gasteiger partial charge in [-0.25, -0.2) is 9.97 Å². The van der Waals surface area contributed by atoms with Crippen molar-refractivity contribution in [3.8, 4) is 0 Å². The monoisotopic (exact) mass is 668 g/mol. The van der Waals surface area contributed by atoms with Crippen molar-refractivity contribution in [1.82, 2.24) is 14.9 Å². The van der Waals surface area contributed by atoms with Gasteiger partial charge in [-0.1, -0.05) is 71.8 Å². The summed E-state index contributed by atoms with van der Waals surface area (Å²) < 4.78 is 40.5. The predicted octanol–water partition coefficient (Wildman–Crippen LogP) is 9.30. The van der Waals surface area contributed by atoms with Gasteiger partial charge in [0, 0.05) is 11.1 Å². The quantitative estimate of drug-likeness (QED) is 0.104. The number of hydrogen-bond acceptors (Lipinski definition) is 6. The Hall–Kier alpha value is -3.40. The zero-order valence-electron chi connectivity index (χ0n) is 29.4. The SMILES string of the molecule is CCCCCCCCC(CC)C(CC)(C(N)=O)N1CCC(c2ccc3nc(C)nc(NC(C)c4cc(N)cc(C(F)(F)F)c4)c3c2)CC1. The lowest BCUT2D eigenvalue weighted by Crippen LogP contribution is -2.63. The highest BCUT2D eigenvalue weighted by atomic mass is 19.4. The molecule has 1 aliphatic heterocycles. The van der Waals surface area contributed by atoms with Crippen LogP contribution in [0.1, 0.15) is 133 Å². The first-order chi connectivity index (χ1) is 22.8. The maximum absolute atomic E-state index is 13.5. The predicted molar refractivity (Wildman–Crippen MR) is 190 cm³/mol. The number of alkyl halides is 3. The summed E-state index contributed by atoms with van der Waals surface area (Å²) in [6.45, 7) is 11.7. The Morgan fingerprint density at radius 1 is 1.00 bits per heavy atom. The van der Waals surface area contributed by atoms with Gasteiger partial charge in [0.15, 0.2) is 0 Å². The van der Waals surface area contributed by atoms with Crippen molar-refractivity contribution in [2.24, 2.45) is 11.7 Å². The van der Waals surface area contributed by atoms with Crippen molar-refractivity contribution in [1.29, 1.82) is 0 Å². The van der Waals surface area contributed by atoms with E-state index in [0.29, 0.717) is 23.6 Å². The van der Waals surface area contributed by atoms with E-state index in [0.717, 1.165) is 73.8 Å². The fraction of sp³-hybridized carbons (Fsp3) is 0.605. The summed E-state index contributed by atoms with van der Waals surface area (Å²) in [5, 5.41) is 4.16. The molecule has 1 fully saturated rings. The zero-order valence-corrected chi connectivity index (χ0v) is 29.4. The molecule has 264 valence electrons. The van der Waals surface area contributed by atoms with Crippen molar-refractivity contribution in [3.63, 3.8) is 0 Å². The van der Waals surface area contributed by atoms with E-state index >= 15 is 0 Å². The largest absolute Gasteiger partial charge is 0.416 e. The lowest BCUT2D eigenvalue weighted by atomic mass is 9.73. The summed E-state index contributed by atoms with van der Waals surface area (Å²) in [4.78, 5) is 24.9. The van der Waals surface area contributed by atoms with Gasteiger partial charge in [-0.05, 0) is 106 Å². The van der Waals surface area contributed by atoms with Gasteiger partial charge in [0.25, 0.3) is 0 Å². The molecule has 3 atom stereocenters. The van der Waals surface area contributed by atoms with E-state index < -0.39 is 23.3 Å². The summed E-state index contributed by atoms with van der Waals surface area (Å²) in [6.07, 6.45) is 7.31. The molecule has 2 heterocycles. The van der Waals surface area contributed by atoms with Gasteiger partial charge in [0.2, 0.25) is 5.91 Å². The number of carbonyl (C=O) groups excluding carboxylic acids is 1. The van der Waals surface area contributed by atoms with Crippen molar-refractivity contribution in [3.05, 3.63) is 58.9 Å². The number of nitrogens with two attached hydrogens (primary N) is 2. The molecule has 3 unspecified atom stereocenters. The molecule has 1 aromatic heterocycles. The second kappa shape index (κ2) is 16.3. The molecule has 10 heteroatoms. The first-order valence-corrected chi connectivity index (χ1v) is 17.9. The van der Waals surface area contributed by atoms with Crippen molar-refractivity contribution in [2.45, 2.75) is 129 Å². The third kappa shape index (κ3) is 8.60. The number of primary amides is 1. The number of aromatic nitrogens is 2. The Balaban J connectivity index is 1.52. The van der Waals surface area contributed by atoms with Gasteiger partial charge in [-0.2, -0.15) is 13.2 Å². The van der Waals surface area contributed by atoms with Gasteiger partial charge >= 0.3 is 6.18 Å². The van der Waals surface area contributed by atoms with Crippen LogP contribution in [0, 0.1) is 12.8 Å². The summed E-state index contributed by atoms with van der Waals surface area (Å²) in [5.41, 5.74) is 13.1. The number of anilines is 2. The summed E-state index contributed by atoms with van der Waals surface area (Å²) in [6, 6.07) is 9.37. The Bertz CT molecular complexity index is 1520. The van der Waals surface area contributed by atoms with Crippen molar-refractivity contribution < 1.29 is 18.0 Å². The number of aryl methyl sites for hydroxylation is 1. The third-order valence-electron chi connectivity index (χ3n) is 10.6. The lowest BCUT2D eigenvalue weighted by Gasteiger charge is -2.49. The van der Waals surface area contributed by atoms with E-state index in [1.807, 2.05) is 6.07 Å². The van der Waals surface area contributed by atoms with Crippen LogP contribution < -0.4 is 16.8 Å². The van der Waals surface area contributed by atoms with E-state index in [9.17, 15) is 18.0 Å². The minimum absolute atomic E-state index is 0.0573. The number of benzene rings is 2. The number of halogens is 3. The maximum Gasteiger partial charge on any atom is 0.416 e. The molecule has 2 aromatic carbocycles. The van der Waals surface area contributed by atoms with Crippen LogP contribution in [0.2, 0.25) is 0 Å². The van der Waals surface area contributed by atoms with Gasteiger partial charge in [0.05, 0.1) is 17.1 Å². The smallest absolute Gasteiger partial charge is 0.399 e. The van der Waals surface area contributed by atoms with Crippen molar-refractivity contribution in [2.75, 3.05) is 24.1 Å².